The van der Waals surface area contributed by atoms with Gasteiger partial charge in [0.15, 0.2) is 17.5 Å². The number of nitrogens with one attached hydrogen (secondary N) is 1. The first-order valence-electron chi connectivity index (χ1n) is 7.98. The molecule has 1 fully saturated rings. The molecule has 1 aliphatic rings. The van der Waals surface area contributed by atoms with E-state index in [0.29, 0.717) is 11.4 Å². The molecule has 24 heavy (non-hydrogen) atoms. The fourth-order valence-corrected chi connectivity index (χ4v) is 3.14. The molecule has 3 rings (SSSR count). The zero-order chi connectivity index (χ0) is 17.1. The van der Waals surface area contributed by atoms with E-state index in [1.807, 2.05) is 0 Å². The summed E-state index contributed by atoms with van der Waals surface area (Å²) in [4.78, 5) is 8.05. The Morgan fingerprint density at radius 1 is 1.00 bits per heavy atom. The smallest absolute Gasteiger partial charge is 0.224 e. The fourth-order valence-electron chi connectivity index (χ4n) is 3.01. The third-order valence-electron chi connectivity index (χ3n) is 4.25. The van der Waals surface area contributed by atoms with Crippen LogP contribution in [0.5, 0.6) is 0 Å². The van der Waals surface area contributed by atoms with Crippen LogP contribution in [0.1, 0.15) is 38.5 Å². The molecule has 0 amide bonds. The van der Waals surface area contributed by atoms with Crippen molar-refractivity contribution in [1.82, 2.24) is 9.97 Å². The summed E-state index contributed by atoms with van der Waals surface area (Å²) < 4.78 is 40.3. The van der Waals surface area contributed by atoms with Gasteiger partial charge in [-0.25, -0.2) is 23.1 Å². The third-order valence-corrected chi connectivity index (χ3v) is 4.43. The van der Waals surface area contributed by atoms with Crippen molar-refractivity contribution in [2.75, 3.05) is 5.32 Å². The van der Waals surface area contributed by atoms with E-state index in [-0.39, 0.29) is 16.9 Å². The van der Waals surface area contributed by atoms with Gasteiger partial charge in [-0.15, -0.1) is 0 Å². The molecule has 2 aromatic rings. The number of anilines is 1. The Hall–Kier alpha value is -1.82. The minimum atomic E-state index is -1.49. The SMILES string of the molecule is Fc1cc(-c2cnc(Cl)nc2NC2CCCCCC2)cc(F)c1F. The number of rotatable bonds is 3. The standard InChI is InChI=1S/C17H17ClF3N3/c18-17-22-9-12(10-7-13(19)15(21)14(20)8-10)16(24-17)23-11-5-3-1-2-4-6-11/h7-9,11H,1-6H2,(H,22,23,24). The van der Waals surface area contributed by atoms with Crippen LogP contribution in [0, 0.1) is 17.5 Å². The number of benzene rings is 1. The van der Waals surface area contributed by atoms with Gasteiger partial charge in [0.2, 0.25) is 5.28 Å². The maximum Gasteiger partial charge on any atom is 0.224 e. The highest BCUT2D eigenvalue weighted by Crippen LogP contribution is 2.31. The molecule has 1 aliphatic carbocycles. The molecule has 7 heteroatoms. The maximum atomic E-state index is 13.5. The lowest BCUT2D eigenvalue weighted by Crippen LogP contribution is -2.20. The fraction of sp³-hybridized carbons (Fsp3) is 0.412. The Kier molecular flexibility index (Phi) is 5.23. The highest BCUT2D eigenvalue weighted by molar-refractivity contribution is 6.28. The molecule has 0 saturated heterocycles. The van der Waals surface area contributed by atoms with Crippen molar-refractivity contribution in [2.24, 2.45) is 0 Å². The van der Waals surface area contributed by atoms with Crippen LogP contribution in [0.3, 0.4) is 0 Å². The molecule has 0 spiro atoms. The van der Waals surface area contributed by atoms with Gasteiger partial charge in [0, 0.05) is 17.8 Å². The van der Waals surface area contributed by atoms with Crippen molar-refractivity contribution >= 4 is 17.4 Å². The van der Waals surface area contributed by atoms with E-state index in [9.17, 15) is 13.2 Å². The van der Waals surface area contributed by atoms with E-state index in [0.717, 1.165) is 37.8 Å². The summed E-state index contributed by atoms with van der Waals surface area (Å²) in [6.45, 7) is 0. The normalized spacial score (nSPS) is 16.0. The van der Waals surface area contributed by atoms with Gasteiger partial charge in [-0.1, -0.05) is 25.7 Å². The Bertz CT molecular complexity index is 708. The predicted octanol–water partition coefficient (Wildman–Crippen LogP) is 5.35. The van der Waals surface area contributed by atoms with Crippen molar-refractivity contribution in [1.29, 1.82) is 0 Å². The molecule has 3 nitrogen and oxygen atoms in total. The quantitative estimate of drug-likeness (QED) is 0.458. The summed E-state index contributed by atoms with van der Waals surface area (Å²) >= 11 is 5.87. The number of halogens is 4. The molecule has 1 heterocycles. The van der Waals surface area contributed by atoms with Crippen LogP contribution in [0.4, 0.5) is 19.0 Å². The molecular formula is C17H17ClF3N3. The summed E-state index contributed by atoms with van der Waals surface area (Å²) in [5.41, 5.74) is 0.556. The lowest BCUT2D eigenvalue weighted by molar-refractivity contribution is 0.447. The first-order valence-corrected chi connectivity index (χ1v) is 8.36. The zero-order valence-corrected chi connectivity index (χ0v) is 13.7. The van der Waals surface area contributed by atoms with E-state index in [1.54, 1.807) is 0 Å². The summed E-state index contributed by atoms with van der Waals surface area (Å²) in [6.07, 6.45) is 8.01. The van der Waals surface area contributed by atoms with Crippen LogP contribution in [0.25, 0.3) is 11.1 Å². The largest absolute Gasteiger partial charge is 0.367 e. The van der Waals surface area contributed by atoms with Crippen LogP contribution < -0.4 is 5.32 Å². The van der Waals surface area contributed by atoms with Crippen LogP contribution in [-0.4, -0.2) is 16.0 Å². The Balaban J connectivity index is 1.96. The van der Waals surface area contributed by atoms with Crippen LogP contribution in [-0.2, 0) is 0 Å². The van der Waals surface area contributed by atoms with E-state index in [2.05, 4.69) is 15.3 Å². The maximum absolute atomic E-state index is 13.5. The predicted molar refractivity (Wildman–Crippen MR) is 87.5 cm³/mol. The minimum absolute atomic E-state index is 0.0397. The molecule has 0 unspecified atom stereocenters. The molecule has 0 bridgehead atoms. The van der Waals surface area contributed by atoms with Gasteiger partial charge in [-0.2, -0.15) is 0 Å². The number of hydrogen-bond acceptors (Lipinski definition) is 3. The number of hydrogen-bond donors (Lipinski definition) is 1. The molecule has 1 aromatic heterocycles. The molecule has 128 valence electrons. The summed E-state index contributed by atoms with van der Waals surface area (Å²) in [5, 5.41) is 3.35. The topological polar surface area (TPSA) is 37.8 Å². The van der Waals surface area contributed by atoms with Crippen molar-refractivity contribution < 1.29 is 13.2 Å². The minimum Gasteiger partial charge on any atom is -0.367 e. The second-order valence-corrected chi connectivity index (χ2v) is 6.33. The van der Waals surface area contributed by atoms with Gasteiger partial charge < -0.3 is 5.32 Å². The molecule has 0 radical (unpaired) electrons. The van der Waals surface area contributed by atoms with Crippen LogP contribution in [0.2, 0.25) is 5.28 Å². The third kappa shape index (κ3) is 3.80. The number of nitrogens with zero attached hydrogens (tertiary/aromatic N) is 2. The van der Waals surface area contributed by atoms with Crippen molar-refractivity contribution in [3.05, 3.63) is 41.1 Å². The van der Waals surface area contributed by atoms with Gasteiger partial charge in [-0.05, 0) is 42.1 Å². The Morgan fingerprint density at radius 2 is 1.62 bits per heavy atom. The summed E-state index contributed by atoms with van der Waals surface area (Å²) in [7, 11) is 0. The van der Waals surface area contributed by atoms with E-state index in [4.69, 9.17) is 11.6 Å². The van der Waals surface area contributed by atoms with E-state index < -0.39 is 17.5 Å². The summed E-state index contributed by atoms with van der Waals surface area (Å²) in [6, 6.07) is 2.08. The molecule has 0 aliphatic heterocycles. The lowest BCUT2D eigenvalue weighted by Gasteiger charge is -2.19. The van der Waals surface area contributed by atoms with Gasteiger partial charge >= 0.3 is 0 Å². The first kappa shape index (κ1) is 17.0. The van der Waals surface area contributed by atoms with Crippen molar-refractivity contribution in [3.63, 3.8) is 0 Å². The Labute approximate surface area is 143 Å². The van der Waals surface area contributed by atoms with Crippen LogP contribution in [0.15, 0.2) is 18.3 Å². The highest BCUT2D eigenvalue weighted by Gasteiger charge is 2.18. The summed E-state index contributed by atoms with van der Waals surface area (Å²) in [5.74, 6) is -3.58. The zero-order valence-electron chi connectivity index (χ0n) is 13.0. The monoisotopic (exact) mass is 355 g/mol. The van der Waals surface area contributed by atoms with E-state index in [1.165, 1.54) is 19.0 Å². The van der Waals surface area contributed by atoms with Gasteiger partial charge in [-0.3, -0.25) is 0 Å². The van der Waals surface area contributed by atoms with Gasteiger partial charge in [0.1, 0.15) is 5.82 Å². The molecule has 1 N–H and O–H groups in total. The van der Waals surface area contributed by atoms with Gasteiger partial charge in [0.05, 0.1) is 0 Å². The molecule has 1 aromatic carbocycles. The number of aromatic nitrogens is 2. The van der Waals surface area contributed by atoms with E-state index >= 15 is 0 Å². The lowest BCUT2D eigenvalue weighted by atomic mass is 10.1. The second-order valence-electron chi connectivity index (χ2n) is 5.99. The average molecular weight is 356 g/mol. The Morgan fingerprint density at radius 3 is 2.25 bits per heavy atom. The second kappa shape index (κ2) is 7.38. The highest BCUT2D eigenvalue weighted by atomic mass is 35.5. The molecular weight excluding hydrogens is 339 g/mol. The van der Waals surface area contributed by atoms with Crippen molar-refractivity contribution in [2.45, 2.75) is 44.6 Å². The van der Waals surface area contributed by atoms with Crippen molar-refractivity contribution in [3.8, 4) is 11.1 Å². The van der Waals surface area contributed by atoms with Crippen LogP contribution >= 0.6 is 11.6 Å². The first-order chi connectivity index (χ1) is 11.5. The average Bonchev–Trinajstić information content (AvgIpc) is 2.81. The molecule has 1 saturated carbocycles. The molecule has 0 atom stereocenters. The van der Waals surface area contributed by atoms with Gasteiger partial charge in [0.25, 0.3) is 0 Å².